The van der Waals surface area contributed by atoms with Gasteiger partial charge >= 0.3 is 11.9 Å². The van der Waals surface area contributed by atoms with Crippen molar-refractivity contribution >= 4 is 51.1 Å². The number of nitrogens with one attached hydrogen (secondary N) is 2. The minimum Gasteiger partial charge on any atom is -0.481 e. The van der Waals surface area contributed by atoms with Gasteiger partial charge in [-0.25, -0.2) is 4.79 Å². The number of H-pyrrole nitrogens is 1. The summed E-state index contributed by atoms with van der Waals surface area (Å²) in [5.74, 6) is -1.72. The highest BCUT2D eigenvalue weighted by molar-refractivity contribution is 9.10. The number of hydrogen-bond acceptors (Lipinski definition) is 4. The Morgan fingerprint density at radius 1 is 1.32 bits per heavy atom. The highest BCUT2D eigenvalue weighted by Crippen LogP contribution is 2.36. The summed E-state index contributed by atoms with van der Waals surface area (Å²) < 4.78 is 5.90. The van der Waals surface area contributed by atoms with Crippen molar-refractivity contribution in [2.24, 2.45) is 0 Å². The first kappa shape index (κ1) is 19.9. The minimum atomic E-state index is -0.940. The number of hydrogen-bond donors (Lipinski definition) is 3. The normalized spacial score (nSPS) is 14.1. The van der Waals surface area contributed by atoms with Crippen molar-refractivity contribution in [1.82, 2.24) is 4.98 Å². The molecule has 2 heterocycles. The zero-order valence-corrected chi connectivity index (χ0v) is 17.0. The summed E-state index contributed by atoms with van der Waals surface area (Å²) in [4.78, 5) is 38.8. The standard InChI is InChI=1S/C20H19BrN2O5/c1-3-28-20(27)18-10(2)12(5-7-17(24)25)16(22-18)9-14-13-8-11(21)4-6-15(13)23-19(14)26/h4,6,8-9,22H,3,5,7H2,1-2H3,(H,23,26)(H,24,25). The second-order valence-electron chi connectivity index (χ2n) is 6.33. The minimum absolute atomic E-state index is 0.0918. The van der Waals surface area contributed by atoms with E-state index in [0.717, 1.165) is 10.0 Å². The Hall–Kier alpha value is -2.87. The lowest BCUT2D eigenvalue weighted by Crippen LogP contribution is -2.07. The van der Waals surface area contributed by atoms with Crippen molar-refractivity contribution in [2.45, 2.75) is 26.7 Å². The topological polar surface area (TPSA) is 108 Å². The molecule has 1 aromatic heterocycles. The number of rotatable bonds is 6. The van der Waals surface area contributed by atoms with Gasteiger partial charge in [-0.2, -0.15) is 0 Å². The van der Waals surface area contributed by atoms with Crippen LogP contribution in [0.3, 0.4) is 0 Å². The quantitative estimate of drug-likeness (QED) is 0.462. The molecule has 146 valence electrons. The van der Waals surface area contributed by atoms with E-state index in [1.165, 1.54) is 0 Å². The van der Waals surface area contributed by atoms with Gasteiger partial charge in [0.2, 0.25) is 0 Å². The number of amides is 1. The predicted octanol–water partition coefficient (Wildman–Crippen LogP) is 3.77. The third kappa shape index (κ3) is 3.87. The maximum atomic E-state index is 12.5. The Labute approximate surface area is 169 Å². The molecule has 2 aromatic rings. The average molecular weight is 447 g/mol. The number of carbonyl (C=O) groups excluding carboxylic acids is 2. The van der Waals surface area contributed by atoms with Crippen LogP contribution in [-0.2, 0) is 20.7 Å². The molecule has 0 saturated heterocycles. The Bertz CT molecular complexity index is 1010. The van der Waals surface area contributed by atoms with Gasteiger partial charge in [0.1, 0.15) is 5.69 Å². The fourth-order valence-electron chi connectivity index (χ4n) is 3.19. The SMILES string of the molecule is CCOC(=O)c1[nH]c(C=C2C(=O)Nc3ccc(Br)cc32)c(CCC(=O)O)c1C. The molecule has 1 aliphatic rings. The van der Waals surface area contributed by atoms with Gasteiger partial charge < -0.3 is 20.1 Å². The molecule has 0 bridgehead atoms. The molecule has 0 aliphatic carbocycles. The number of aromatic amines is 1. The van der Waals surface area contributed by atoms with E-state index < -0.39 is 11.9 Å². The van der Waals surface area contributed by atoms with Crippen LogP contribution in [0.5, 0.6) is 0 Å². The molecule has 28 heavy (non-hydrogen) atoms. The molecule has 0 fully saturated rings. The number of anilines is 1. The number of aromatic nitrogens is 1. The highest BCUT2D eigenvalue weighted by Gasteiger charge is 2.26. The lowest BCUT2D eigenvalue weighted by Gasteiger charge is -2.03. The largest absolute Gasteiger partial charge is 0.481 e. The van der Waals surface area contributed by atoms with Crippen molar-refractivity contribution in [3.05, 3.63) is 50.8 Å². The Balaban J connectivity index is 2.10. The molecule has 8 heteroatoms. The molecular weight excluding hydrogens is 428 g/mol. The number of carboxylic acid groups (broad SMARTS) is 1. The van der Waals surface area contributed by atoms with E-state index >= 15 is 0 Å². The Morgan fingerprint density at radius 2 is 2.07 bits per heavy atom. The molecule has 0 saturated carbocycles. The summed E-state index contributed by atoms with van der Waals surface area (Å²) in [5, 5.41) is 11.9. The smallest absolute Gasteiger partial charge is 0.355 e. The second-order valence-corrected chi connectivity index (χ2v) is 7.25. The van der Waals surface area contributed by atoms with Gasteiger partial charge in [0, 0.05) is 27.8 Å². The highest BCUT2D eigenvalue weighted by atomic mass is 79.9. The number of ether oxygens (including phenoxy) is 1. The number of carboxylic acids is 1. The van der Waals surface area contributed by atoms with E-state index in [1.54, 1.807) is 26.0 Å². The van der Waals surface area contributed by atoms with Crippen molar-refractivity contribution in [3.8, 4) is 0 Å². The van der Waals surface area contributed by atoms with E-state index in [4.69, 9.17) is 9.84 Å². The Morgan fingerprint density at radius 3 is 2.75 bits per heavy atom. The molecule has 0 radical (unpaired) electrons. The number of benzene rings is 1. The summed E-state index contributed by atoms with van der Waals surface area (Å²) in [5.41, 5.74) is 3.95. The fraction of sp³-hybridized carbons (Fsp3) is 0.250. The molecule has 0 spiro atoms. The van der Waals surface area contributed by atoms with Gasteiger partial charge in [0.25, 0.3) is 5.91 Å². The van der Waals surface area contributed by atoms with E-state index in [0.29, 0.717) is 28.1 Å². The summed E-state index contributed by atoms with van der Waals surface area (Å²) in [6, 6.07) is 5.46. The molecule has 0 atom stereocenters. The van der Waals surface area contributed by atoms with E-state index in [9.17, 15) is 14.4 Å². The van der Waals surface area contributed by atoms with E-state index in [1.807, 2.05) is 12.1 Å². The molecule has 1 amide bonds. The van der Waals surface area contributed by atoms with Crippen LogP contribution in [0.2, 0.25) is 0 Å². The fourth-order valence-corrected chi connectivity index (χ4v) is 3.55. The first-order chi connectivity index (χ1) is 13.3. The Kier molecular flexibility index (Phi) is 5.69. The maximum absolute atomic E-state index is 12.5. The molecule has 7 nitrogen and oxygen atoms in total. The average Bonchev–Trinajstić information content (AvgIpc) is 3.11. The van der Waals surface area contributed by atoms with Crippen molar-refractivity contribution < 1.29 is 24.2 Å². The zero-order valence-electron chi connectivity index (χ0n) is 15.4. The van der Waals surface area contributed by atoms with Crippen LogP contribution >= 0.6 is 15.9 Å². The van der Waals surface area contributed by atoms with Crippen LogP contribution in [-0.4, -0.2) is 34.5 Å². The van der Waals surface area contributed by atoms with Crippen LogP contribution in [0.1, 0.15) is 46.2 Å². The molecule has 0 unspecified atom stereocenters. The lowest BCUT2D eigenvalue weighted by atomic mass is 10.0. The van der Waals surface area contributed by atoms with Gasteiger partial charge in [0.15, 0.2) is 0 Å². The molecular formula is C20H19BrN2O5. The van der Waals surface area contributed by atoms with Gasteiger partial charge in [-0.05, 0) is 55.7 Å². The van der Waals surface area contributed by atoms with Gasteiger partial charge in [-0.1, -0.05) is 15.9 Å². The number of fused-ring (bicyclic) bond motifs is 1. The van der Waals surface area contributed by atoms with Gasteiger partial charge in [-0.15, -0.1) is 0 Å². The summed E-state index contributed by atoms with van der Waals surface area (Å²) in [6.45, 7) is 3.67. The number of carbonyl (C=O) groups is 3. The lowest BCUT2D eigenvalue weighted by molar-refractivity contribution is -0.137. The third-order valence-corrected chi connectivity index (χ3v) is 5.03. The molecule has 3 N–H and O–H groups in total. The van der Waals surface area contributed by atoms with Crippen molar-refractivity contribution in [1.29, 1.82) is 0 Å². The van der Waals surface area contributed by atoms with E-state index in [2.05, 4.69) is 26.2 Å². The van der Waals surface area contributed by atoms with Crippen LogP contribution in [0.15, 0.2) is 22.7 Å². The molecule has 1 aromatic carbocycles. The molecule has 1 aliphatic heterocycles. The van der Waals surface area contributed by atoms with Crippen LogP contribution < -0.4 is 5.32 Å². The van der Waals surface area contributed by atoms with Crippen molar-refractivity contribution in [3.63, 3.8) is 0 Å². The summed E-state index contributed by atoms with van der Waals surface area (Å²) in [6.07, 6.45) is 1.79. The van der Waals surface area contributed by atoms with Crippen LogP contribution in [0, 0.1) is 6.92 Å². The second kappa shape index (κ2) is 8.02. The van der Waals surface area contributed by atoms with Gasteiger partial charge in [-0.3, -0.25) is 9.59 Å². The predicted molar refractivity (Wildman–Crippen MR) is 108 cm³/mol. The van der Waals surface area contributed by atoms with Crippen LogP contribution in [0.4, 0.5) is 5.69 Å². The zero-order chi connectivity index (χ0) is 20.4. The maximum Gasteiger partial charge on any atom is 0.355 e. The third-order valence-electron chi connectivity index (χ3n) is 4.53. The summed E-state index contributed by atoms with van der Waals surface area (Å²) >= 11 is 3.40. The van der Waals surface area contributed by atoms with Crippen molar-refractivity contribution in [2.75, 3.05) is 11.9 Å². The number of aliphatic carboxylic acids is 1. The number of halogens is 1. The first-order valence-electron chi connectivity index (χ1n) is 8.75. The van der Waals surface area contributed by atoms with Gasteiger partial charge in [0.05, 0.1) is 12.2 Å². The first-order valence-corrected chi connectivity index (χ1v) is 9.54. The molecule has 3 rings (SSSR count). The monoisotopic (exact) mass is 446 g/mol. The van der Waals surface area contributed by atoms with E-state index in [-0.39, 0.29) is 31.0 Å². The number of esters is 1. The van der Waals surface area contributed by atoms with Crippen LogP contribution in [0.25, 0.3) is 11.6 Å². The summed E-state index contributed by atoms with van der Waals surface area (Å²) in [7, 11) is 0.